The molecule has 2 amide bonds. The average Bonchev–Trinajstić information content (AvgIpc) is 3.89. The van der Waals surface area contributed by atoms with Crippen LogP contribution in [0, 0.1) is 0 Å². The Morgan fingerprint density at radius 2 is 0.929 bits per heavy atom. The Bertz CT molecular complexity index is 3040. The molecule has 13 nitrogen and oxygen atoms in total. The Kier molecular flexibility index (Phi) is 19.3. The second-order valence-corrected chi connectivity index (χ2v) is 22.4. The zero-order valence-corrected chi connectivity index (χ0v) is 42.9. The van der Waals surface area contributed by atoms with Crippen molar-refractivity contribution in [3.05, 3.63) is 201 Å². The summed E-state index contributed by atoms with van der Waals surface area (Å²) in [5.74, 6) is 0.584. The molecule has 8 rings (SSSR count). The number of nitrogens with zero attached hydrogens (tertiary/aromatic N) is 2. The third kappa shape index (κ3) is 16.7. The van der Waals surface area contributed by atoms with E-state index in [1.54, 1.807) is 48.5 Å². The topological polar surface area (TPSA) is 211 Å². The highest BCUT2D eigenvalue weighted by molar-refractivity contribution is 7.92. The first-order valence-corrected chi connectivity index (χ1v) is 27.9. The van der Waals surface area contributed by atoms with Crippen LogP contribution in [-0.2, 0) is 20.0 Å². The second-order valence-electron chi connectivity index (χ2n) is 15.7. The number of thiazole rings is 2. The minimum absolute atomic E-state index is 0.161. The molecule has 0 aliphatic carbocycles. The molecule has 0 atom stereocenters. The van der Waals surface area contributed by atoms with E-state index in [0.29, 0.717) is 66.3 Å². The van der Waals surface area contributed by atoms with Gasteiger partial charge in [0.05, 0.1) is 12.5 Å². The zero-order valence-electron chi connectivity index (χ0n) is 38.1. The Morgan fingerprint density at radius 1 is 0.557 bits per heavy atom. The number of sulfonamides is 2. The van der Waals surface area contributed by atoms with Crippen molar-refractivity contribution in [3.63, 3.8) is 0 Å². The molecule has 0 bridgehead atoms. The summed E-state index contributed by atoms with van der Waals surface area (Å²) in [7, 11) is -6.63. The maximum absolute atomic E-state index is 12.5. The Labute approximate surface area is 427 Å². The molecule has 0 spiro atoms. The number of anilines is 4. The molecule has 0 saturated carbocycles. The van der Waals surface area contributed by atoms with Gasteiger partial charge in [0.2, 0.25) is 20.0 Å². The van der Waals surface area contributed by atoms with Crippen molar-refractivity contribution in [2.24, 2.45) is 5.73 Å². The molecule has 0 fully saturated rings. The van der Waals surface area contributed by atoms with Gasteiger partial charge in [-0.2, -0.15) is 0 Å². The van der Waals surface area contributed by atoms with Crippen molar-refractivity contribution >= 4 is 93.6 Å². The maximum atomic E-state index is 12.5. The lowest BCUT2D eigenvalue weighted by Crippen LogP contribution is -2.30. The molecule has 0 aliphatic rings. The van der Waals surface area contributed by atoms with E-state index >= 15 is 0 Å². The number of benzene rings is 6. The molecule has 19 heteroatoms. The SMILES string of the molecule is CS(=O)(=O)Nc1ccc(-c2nc(N)sc2Cl)cc1.CS(=O)(=O)Nc1ccc(-c2nc(NC(=O)NCCC(c3ccccc3)c3ccccc3)sc2Cl)cc1.NCCC(c1ccccc1)c1ccccc1. The first kappa shape index (κ1) is 53.0. The van der Waals surface area contributed by atoms with Gasteiger partial charge in [-0.3, -0.25) is 14.8 Å². The highest BCUT2D eigenvalue weighted by Gasteiger charge is 2.17. The van der Waals surface area contributed by atoms with Crippen molar-refractivity contribution in [2.45, 2.75) is 24.7 Å². The van der Waals surface area contributed by atoms with Gasteiger partial charge in [0.25, 0.3) is 0 Å². The van der Waals surface area contributed by atoms with Crippen molar-refractivity contribution in [2.75, 3.05) is 46.1 Å². The Hall–Kier alpha value is -6.31. The van der Waals surface area contributed by atoms with Crippen LogP contribution in [0.3, 0.4) is 0 Å². The van der Waals surface area contributed by atoms with Crippen LogP contribution in [0.2, 0.25) is 8.67 Å². The number of urea groups is 1. The van der Waals surface area contributed by atoms with Gasteiger partial charge in [-0.15, -0.1) is 0 Å². The van der Waals surface area contributed by atoms with Crippen LogP contribution >= 0.6 is 45.9 Å². The summed E-state index contributed by atoms with van der Waals surface area (Å²) in [6.45, 7) is 1.19. The minimum Gasteiger partial charge on any atom is -0.375 e. The van der Waals surface area contributed by atoms with Crippen molar-refractivity contribution < 1.29 is 21.6 Å². The molecule has 0 unspecified atom stereocenters. The summed E-state index contributed by atoms with van der Waals surface area (Å²) < 4.78 is 50.6. The standard InChI is InChI=1S/C26H25ClN4O3S2.C15H17N.C10H10ClN3O2S2/c1-36(33,34)31-21-14-12-20(13-15-21)23-24(27)35-26(29-23)30-25(32)28-17-16-22(18-8-4-2-5-9-18)19-10-6-3-7-11-19;16-12-11-15(13-7-3-1-4-8-13)14-9-5-2-6-10-14;1-18(15,16)14-7-4-2-6(3-5-7)8-9(11)17-10(12)13-8/h2-15,22,31H,16-17H2,1H3,(H2,28,29,30,32);1-10,15H,11-12,16H2;2-5,14H,1H3,(H2,12,13). The van der Waals surface area contributed by atoms with E-state index in [1.165, 1.54) is 33.6 Å². The number of hydrogen-bond acceptors (Lipinski definition) is 11. The molecule has 8 N–H and O–H groups in total. The number of halogens is 2. The van der Waals surface area contributed by atoms with Crippen LogP contribution < -0.4 is 31.5 Å². The van der Waals surface area contributed by atoms with E-state index in [-0.39, 0.29) is 11.9 Å². The number of carbonyl (C=O) groups is 1. The Morgan fingerprint density at radius 3 is 1.29 bits per heavy atom. The largest absolute Gasteiger partial charge is 0.375 e. The van der Waals surface area contributed by atoms with Gasteiger partial charge in [0.15, 0.2) is 10.3 Å². The fourth-order valence-electron chi connectivity index (χ4n) is 7.28. The van der Waals surface area contributed by atoms with Crippen LogP contribution in [0.1, 0.15) is 46.9 Å². The first-order chi connectivity index (χ1) is 33.5. The van der Waals surface area contributed by atoms with E-state index in [1.807, 2.05) is 48.5 Å². The summed E-state index contributed by atoms with van der Waals surface area (Å²) in [6, 6.07) is 54.6. The summed E-state index contributed by atoms with van der Waals surface area (Å²) >= 11 is 14.7. The van der Waals surface area contributed by atoms with Gasteiger partial charge in [-0.25, -0.2) is 31.6 Å². The quantitative estimate of drug-likeness (QED) is 0.0543. The fraction of sp³-hybridized carbons (Fsp3) is 0.157. The van der Waals surface area contributed by atoms with Gasteiger partial charge < -0.3 is 16.8 Å². The lowest BCUT2D eigenvalue weighted by atomic mass is 9.88. The first-order valence-electron chi connectivity index (χ1n) is 21.7. The molecular formula is C51H52Cl2N8O5S4. The van der Waals surface area contributed by atoms with Crippen LogP contribution in [-0.4, -0.2) is 58.4 Å². The molecule has 2 heterocycles. The summed E-state index contributed by atoms with van der Waals surface area (Å²) in [5.41, 5.74) is 19.9. The number of nitrogens with two attached hydrogens (primary N) is 2. The molecule has 0 radical (unpaired) electrons. The lowest BCUT2D eigenvalue weighted by molar-refractivity contribution is 0.252. The van der Waals surface area contributed by atoms with Crippen LogP contribution in [0.15, 0.2) is 170 Å². The maximum Gasteiger partial charge on any atom is 0.321 e. The summed E-state index contributed by atoms with van der Waals surface area (Å²) in [4.78, 5) is 21.1. The van der Waals surface area contributed by atoms with Gasteiger partial charge in [-0.1, -0.05) is 191 Å². The molecule has 0 aliphatic heterocycles. The van der Waals surface area contributed by atoms with E-state index in [9.17, 15) is 21.6 Å². The van der Waals surface area contributed by atoms with E-state index in [4.69, 9.17) is 34.7 Å². The van der Waals surface area contributed by atoms with Crippen LogP contribution in [0.4, 0.5) is 26.4 Å². The van der Waals surface area contributed by atoms with E-state index in [2.05, 4.69) is 103 Å². The van der Waals surface area contributed by atoms with Crippen molar-refractivity contribution in [1.29, 1.82) is 0 Å². The third-order valence-electron chi connectivity index (χ3n) is 10.3. The number of aromatic nitrogens is 2. The molecule has 8 aromatic rings. The molecule has 6 aromatic carbocycles. The van der Waals surface area contributed by atoms with Gasteiger partial charge >= 0.3 is 6.03 Å². The van der Waals surface area contributed by atoms with Gasteiger partial charge in [-0.05, 0) is 65.9 Å². The van der Waals surface area contributed by atoms with Gasteiger partial charge in [0, 0.05) is 40.9 Å². The van der Waals surface area contributed by atoms with Crippen molar-refractivity contribution in [1.82, 2.24) is 15.3 Å². The normalized spacial score (nSPS) is 11.2. The number of nitrogen functional groups attached to an aromatic ring is 1. The number of rotatable bonds is 16. The molecule has 70 heavy (non-hydrogen) atoms. The average molecular weight is 1060 g/mol. The third-order valence-corrected chi connectivity index (χ3v) is 13.8. The summed E-state index contributed by atoms with van der Waals surface area (Å²) in [6.07, 6.45) is 3.91. The molecule has 364 valence electrons. The zero-order chi connectivity index (χ0) is 50.1. The number of nitrogens with one attached hydrogen (secondary N) is 4. The highest BCUT2D eigenvalue weighted by atomic mass is 35.5. The highest BCUT2D eigenvalue weighted by Crippen LogP contribution is 2.37. The van der Waals surface area contributed by atoms with Crippen molar-refractivity contribution in [3.8, 4) is 22.5 Å². The van der Waals surface area contributed by atoms with E-state index in [0.717, 1.165) is 42.3 Å². The predicted octanol–water partition coefficient (Wildman–Crippen LogP) is 11.8. The predicted molar refractivity (Wildman–Crippen MR) is 291 cm³/mol. The number of hydrogen-bond donors (Lipinski definition) is 6. The molecular weight excluding hydrogens is 1000 g/mol. The smallest absolute Gasteiger partial charge is 0.321 e. The number of amides is 2. The molecule has 2 aromatic heterocycles. The van der Waals surface area contributed by atoms with Crippen LogP contribution in [0.5, 0.6) is 0 Å². The minimum atomic E-state index is -3.36. The fourth-order valence-corrected chi connectivity index (χ4v) is 10.5. The van der Waals surface area contributed by atoms with E-state index < -0.39 is 20.0 Å². The number of carbonyl (C=O) groups excluding carboxylic acids is 1. The lowest BCUT2D eigenvalue weighted by Gasteiger charge is -2.18. The molecule has 0 saturated heterocycles. The second kappa shape index (κ2) is 25.5. The monoisotopic (exact) mass is 1050 g/mol. The van der Waals surface area contributed by atoms with Gasteiger partial charge in [0.1, 0.15) is 20.1 Å². The van der Waals surface area contributed by atoms with Crippen LogP contribution in [0.25, 0.3) is 22.5 Å². The summed E-state index contributed by atoms with van der Waals surface area (Å²) in [5, 5.41) is 6.42. The Balaban J connectivity index is 0.000000196.